The molecule has 0 radical (unpaired) electrons. The number of unbranched alkanes of at least 4 members (excludes halogenated alkanes) is 2. The summed E-state index contributed by atoms with van der Waals surface area (Å²) in [5.74, 6) is 0. The molecule has 0 spiro atoms. The largest absolute Gasteiger partial charge is 0.376 e. The summed E-state index contributed by atoms with van der Waals surface area (Å²) in [6.45, 7) is 8.44. The van der Waals surface area contributed by atoms with Crippen LogP contribution in [0.4, 0.5) is 0 Å². The van der Waals surface area contributed by atoms with Gasteiger partial charge in [0, 0.05) is 6.61 Å². The highest BCUT2D eigenvalue weighted by Gasteiger charge is 2.39. The maximum Gasteiger partial charge on any atom is 0.0631 e. The van der Waals surface area contributed by atoms with E-state index in [2.05, 4.69) is 20.8 Å². The fraction of sp³-hybridized carbons (Fsp3) is 1.00. The molecule has 0 aliphatic carbocycles. The van der Waals surface area contributed by atoms with E-state index in [1.54, 1.807) is 0 Å². The molecular weight excluding hydrogens is 198 g/mol. The monoisotopic (exact) mass is 227 g/mol. The lowest BCUT2D eigenvalue weighted by Gasteiger charge is -2.45. The van der Waals surface area contributed by atoms with Gasteiger partial charge in [-0.05, 0) is 51.5 Å². The Morgan fingerprint density at radius 1 is 1.19 bits per heavy atom. The van der Waals surface area contributed by atoms with E-state index in [4.69, 9.17) is 10.5 Å². The predicted octanol–water partition coefficient (Wildman–Crippen LogP) is 3.49. The third kappa shape index (κ3) is 4.06. The fourth-order valence-corrected chi connectivity index (χ4v) is 3.19. The molecule has 0 unspecified atom stereocenters. The molecule has 1 heterocycles. The van der Waals surface area contributed by atoms with Gasteiger partial charge in [0.15, 0.2) is 0 Å². The first-order valence-corrected chi connectivity index (χ1v) is 6.88. The molecular formula is C14H29NO. The summed E-state index contributed by atoms with van der Waals surface area (Å²) in [6.07, 6.45) is 8.91. The molecule has 0 bridgehead atoms. The second-order valence-electron chi connectivity index (χ2n) is 6.03. The van der Waals surface area contributed by atoms with Crippen LogP contribution in [0.15, 0.2) is 0 Å². The molecule has 1 fully saturated rings. The Balaban J connectivity index is 2.56. The van der Waals surface area contributed by atoms with Gasteiger partial charge in [0.1, 0.15) is 0 Å². The number of hydrogen-bond donors (Lipinski definition) is 1. The van der Waals surface area contributed by atoms with E-state index < -0.39 is 0 Å². The Kier molecular flexibility index (Phi) is 5.26. The summed E-state index contributed by atoms with van der Waals surface area (Å²) in [5.41, 5.74) is 6.32. The first-order chi connectivity index (χ1) is 7.54. The van der Waals surface area contributed by atoms with Crippen LogP contribution in [0.1, 0.15) is 65.7 Å². The minimum absolute atomic E-state index is 0.0552. The SMILES string of the molecule is CCCCC[C@]1(CCN)CCOC(C)(C)C1. The van der Waals surface area contributed by atoms with E-state index in [0.717, 1.165) is 13.2 Å². The molecule has 1 atom stereocenters. The summed E-state index contributed by atoms with van der Waals surface area (Å²) >= 11 is 0. The molecule has 1 aliphatic heterocycles. The molecule has 1 aliphatic rings. The van der Waals surface area contributed by atoms with Gasteiger partial charge in [0.2, 0.25) is 0 Å². The molecule has 0 aromatic rings. The summed E-state index contributed by atoms with van der Waals surface area (Å²) in [5, 5.41) is 0. The van der Waals surface area contributed by atoms with Crippen LogP contribution in [-0.2, 0) is 4.74 Å². The van der Waals surface area contributed by atoms with Crippen molar-refractivity contribution in [2.45, 2.75) is 71.3 Å². The minimum atomic E-state index is 0.0552. The molecule has 0 amide bonds. The Morgan fingerprint density at radius 2 is 1.94 bits per heavy atom. The van der Waals surface area contributed by atoms with Gasteiger partial charge in [-0.25, -0.2) is 0 Å². The van der Waals surface area contributed by atoms with Crippen LogP contribution >= 0.6 is 0 Å². The average molecular weight is 227 g/mol. The van der Waals surface area contributed by atoms with E-state index in [9.17, 15) is 0 Å². The average Bonchev–Trinajstić information content (AvgIpc) is 2.17. The van der Waals surface area contributed by atoms with Gasteiger partial charge in [-0.1, -0.05) is 26.2 Å². The summed E-state index contributed by atoms with van der Waals surface area (Å²) < 4.78 is 5.83. The van der Waals surface area contributed by atoms with Crippen molar-refractivity contribution in [1.29, 1.82) is 0 Å². The maximum atomic E-state index is 5.83. The molecule has 1 rings (SSSR count). The number of nitrogens with two attached hydrogens (primary N) is 1. The lowest BCUT2D eigenvalue weighted by atomic mass is 9.69. The lowest BCUT2D eigenvalue weighted by Crippen LogP contribution is -2.42. The zero-order valence-electron chi connectivity index (χ0n) is 11.3. The number of ether oxygens (including phenoxy) is 1. The third-order valence-electron chi connectivity index (χ3n) is 3.91. The van der Waals surface area contributed by atoms with E-state index in [1.807, 2.05) is 0 Å². The molecule has 16 heavy (non-hydrogen) atoms. The van der Waals surface area contributed by atoms with Crippen molar-refractivity contribution in [1.82, 2.24) is 0 Å². The van der Waals surface area contributed by atoms with Gasteiger partial charge in [-0.3, -0.25) is 0 Å². The van der Waals surface area contributed by atoms with Crippen LogP contribution < -0.4 is 5.73 Å². The molecule has 1 saturated heterocycles. The van der Waals surface area contributed by atoms with Crippen molar-refractivity contribution in [3.8, 4) is 0 Å². The Labute approximate surface area is 101 Å². The van der Waals surface area contributed by atoms with Crippen LogP contribution in [0.25, 0.3) is 0 Å². The fourth-order valence-electron chi connectivity index (χ4n) is 3.19. The van der Waals surface area contributed by atoms with Crippen molar-refractivity contribution in [2.24, 2.45) is 11.1 Å². The van der Waals surface area contributed by atoms with Crippen LogP contribution in [0.2, 0.25) is 0 Å². The zero-order chi connectivity index (χ0) is 12.1. The number of rotatable bonds is 6. The Morgan fingerprint density at radius 3 is 2.50 bits per heavy atom. The zero-order valence-corrected chi connectivity index (χ0v) is 11.3. The van der Waals surface area contributed by atoms with Crippen LogP contribution in [0, 0.1) is 5.41 Å². The van der Waals surface area contributed by atoms with Crippen LogP contribution in [-0.4, -0.2) is 18.8 Å². The summed E-state index contributed by atoms with van der Waals surface area (Å²) in [6, 6.07) is 0. The van der Waals surface area contributed by atoms with E-state index in [0.29, 0.717) is 5.41 Å². The molecule has 2 nitrogen and oxygen atoms in total. The van der Waals surface area contributed by atoms with Gasteiger partial charge < -0.3 is 10.5 Å². The second-order valence-corrected chi connectivity index (χ2v) is 6.03. The standard InChI is InChI=1S/C14H29NO/c1-4-5-6-7-14(8-10-15)9-11-16-13(2,3)12-14/h4-12,15H2,1-3H3/t14-/m0/s1. The molecule has 2 heteroatoms. The van der Waals surface area contributed by atoms with Crippen molar-refractivity contribution in [3.63, 3.8) is 0 Å². The molecule has 0 aromatic carbocycles. The topological polar surface area (TPSA) is 35.2 Å². The Bertz CT molecular complexity index is 199. The van der Waals surface area contributed by atoms with Crippen molar-refractivity contribution in [3.05, 3.63) is 0 Å². The summed E-state index contributed by atoms with van der Waals surface area (Å²) in [7, 11) is 0. The highest BCUT2D eigenvalue weighted by atomic mass is 16.5. The van der Waals surface area contributed by atoms with Crippen molar-refractivity contribution < 1.29 is 4.74 Å². The second kappa shape index (κ2) is 6.02. The van der Waals surface area contributed by atoms with E-state index in [-0.39, 0.29) is 5.60 Å². The molecule has 2 N–H and O–H groups in total. The van der Waals surface area contributed by atoms with Gasteiger partial charge in [-0.2, -0.15) is 0 Å². The third-order valence-corrected chi connectivity index (χ3v) is 3.91. The number of hydrogen-bond acceptors (Lipinski definition) is 2. The van der Waals surface area contributed by atoms with Crippen LogP contribution in [0.5, 0.6) is 0 Å². The smallest absolute Gasteiger partial charge is 0.0631 e. The van der Waals surface area contributed by atoms with E-state index in [1.165, 1.54) is 44.9 Å². The van der Waals surface area contributed by atoms with Crippen molar-refractivity contribution in [2.75, 3.05) is 13.2 Å². The van der Waals surface area contributed by atoms with Gasteiger partial charge in [0.05, 0.1) is 5.60 Å². The van der Waals surface area contributed by atoms with Crippen LogP contribution in [0.3, 0.4) is 0 Å². The Hall–Kier alpha value is -0.0800. The highest BCUT2D eigenvalue weighted by Crippen LogP contribution is 2.44. The van der Waals surface area contributed by atoms with Gasteiger partial charge >= 0.3 is 0 Å². The molecule has 0 saturated carbocycles. The predicted molar refractivity (Wildman–Crippen MR) is 69.5 cm³/mol. The first-order valence-electron chi connectivity index (χ1n) is 6.88. The van der Waals surface area contributed by atoms with Crippen molar-refractivity contribution >= 4 is 0 Å². The van der Waals surface area contributed by atoms with Gasteiger partial charge in [0.25, 0.3) is 0 Å². The lowest BCUT2D eigenvalue weighted by molar-refractivity contribution is -0.109. The molecule has 96 valence electrons. The van der Waals surface area contributed by atoms with Gasteiger partial charge in [-0.15, -0.1) is 0 Å². The maximum absolute atomic E-state index is 5.83. The molecule has 0 aromatic heterocycles. The first kappa shape index (κ1) is 14.0. The van der Waals surface area contributed by atoms with E-state index >= 15 is 0 Å². The summed E-state index contributed by atoms with van der Waals surface area (Å²) in [4.78, 5) is 0. The minimum Gasteiger partial charge on any atom is -0.376 e. The highest BCUT2D eigenvalue weighted by molar-refractivity contribution is 4.90. The quantitative estimate of drug-likeness (QED) is 0.705. The normalized spacial score (nSPS) is 29.2.